The van der Waals surface area contributed by atoms with Gasteiger partial charge in [0.25, 0.3) is 0 Å². The molecular weight excluding hydrogens is 192 g/mol. The fraction of sp³-hybridized carbons (Fsp3) is 0.400. The van der Waals surface area contributed by atoms with E-state index in [0.717, 1.165) is 13.0 Å². The van der Waals surface area contributed by atoms with Crippen LogP contribution in [0.1, 0.15) is 12.1 Å². The molecule has 0 radical (unpaired) electrons. The van der Waals surface area contributed by atoms with E-state index in [1.807, 2.05) is 11.0 Å². The number of hydrogen-bond donors (Lipinski definition) is 2. The highest BCUT2D eigenvalue weighted by Gasteiger charge is 2.21. The summed E-state index contributed by atoms with van der Waals surface area (Å²) in [4.78, 5) is 6.09. The van der Waals surface area contributed by atoms with E-state index < -0.39 is 0 Å². The Bertz CT molecular complexity index is 412. The first-order valence-corrected chi connectivity index (χ1v) is 4.80. The number of aliphatic hydroxyl groups excluding tert-OH is 1. The van der Waals surface area contributed by atoms with Crippen molar-refractivity contribution < 1.29 is 5.11 Å². The lowest BCUT2D eigenvalue weighted by Gasteiger charge is -2.16. The second-order valence-electron chi connectivity index (χ2n) is 3.61. The fourth-order valence-electron chi connectivity index (χ4n) is 1.68. The van der Waals surface area contributed by atoms with Crippen molar-refractivity contribution in [2.24, 2.45) is 0 Å². The molecule has 1 aromatic heterocycles. The summed E-state index contributed by atoms with van der Waals surface area (Å²) in [6.07, 6.45) is 0.448. The van der Waals surface area contributed by atoms with Crippen molar-refractivity contribution in [2.45, 2.75) is 12.5 Å². The van der Waals surface area contributed by atoms with Crippen LogP contribution in [-0.4, -0.2) is 29.3 Å². The quantitative estimate of drug-likeness (QED) is 0.678. The number of anilines is 2. The molecule has 1 fully saturated rings. The maximum absolute atomic E-state index is 9.38. The lowest BCUT2D eigenvalue weighted by atomic mass is 10.3. The molecule has 0 spiro atoms. The van der Waals surface area contributed by atoms with E-state index in [0.29, 0.717) is 18.1 Å². The number of nitrogens with zero attached hydrogens (tertiary/aromatic N) is 3. The summed E-state index contributed by atoms with van der Waals surface area (Å²) in [5.74, 6) is 0.706. The number of hydrogen-bond acceptors (Lipinski definition) is 5. The average Bonchev–Trinajstić information content (AvgIpc) is 2.66. The number of β-amino-alcohol motifs (C(OH)–C–C–N with tert-alkyl or cyclic N) is 1. The molecule has 0 bridgehead atoms. The highest BCUT2D eigenvalue weighted by Crippen LogP contribution is 2.20. The summed E-state index contributed by atoms with van der Waals surface area (Å²) < 4.78 is 0. The molecule has 0 aromatic carbocycles. The van der Waals surface area contributed by atoms with Crippen LogP contribution in [0.5, 0.6) is 0 Å². The minimum Gasteiger partial charge on any atom is -0.396 e. The molecule has 2 rings (SSSR count). The number of nitriles is 1. The van der Waals surface area contributed by atoms with Gasteiger partial charge in [0.15, 0.2) is 5.69 Å². The summed E-state index contributed by atoms with van der Waals surface area (Å²) in [5.41, 5.74) is 6.21. The molecule has 1 unspecified atom stereocenters. The standard InChI is InChI=1S/C10H12N4O/c11-5-9-8(12)1-2-10(13-9)14-4-3-7(15)6-14/h1-2,7,15H,3-4,6,12H2. The molecule has 5 nitrogen and oxygen atoms in total. The Morgan fingerprint density at radius 3 is 3.00 bits per heavy atom. The van der Waals surface area contributed by atoms with Crippen LogP contribution in [-0.2, 0) is 0 Å². The zero-order chi connectivity index (χ0) is 10.8. The fourth-order valence-corrected chi connectivity index (χ4v) is 1.68. The molecule has 3 N–H and O–H groups in total. The number of aliphatic hydroxyl groups is 1. The van der Waals surface area contributed by atoms with Crippen LogP contribution in [0.15, 0.2) is 12.1 Å². The lowest BCUT2D eigenvalue weighted by Crippen LogP contribution is -2.22. The Morgan fingerprint density at radius 2 is 2.40 bits per heavy atom. The third-order valence-corrected chi connectivity index (χ3v) is 2.51. The van der Waals surface area contributed by atoms with E-state index in [2.05, 4.69) is 4.98 Å². The van der Waals surface area contributed by atoms with Crippen LogP contribution in [0, 0.1) is 11.3 Å². The van der Waals surface area contributed by atoms with E-state index in [1.165, 1.54) is 0 Å². The van der Waals surface area contributed by atoms with Crippen molar-refractivity contribution in [1.82, 2.24) is 4.98 Å². The molecule has 1 saturated heterocycles. The van der Waals surface area contributed by atoms with Crippen molar-refractivity contribution in [2.75, 3.05) is 23.7 Å². The first-order valence-electron chi connectivity index (χ1n) is 4.80. The SMILES string of the molecule is N#Cc1nc(N2CCC(O)C2)ccc1N. The van der Waals surface area contributed by atoms with Crippen LogP contribution in [0.25, 0.3) is 0 Å². The van der Waals surface area contributed by atoms with Crippen LogP contribution in [0.3, 0.4) is 0 Å². The summed E-state index contributed by atoms with van der Waals surface area (Å²) >= 11 is 0. The minimum atomic E-state index is -0.296. The van der Waals surface area contributed by atoms with Gasteiger partial charge in [0, 0.05) is 13.1 Å². The summed E-state index contributed by atoms with van der Waals surface area (Å²) in [6.45, 7) is 1.34. The molecule has 1 aromatic rings. The number of nitrogen functional groups attached to an aromatic ring is 1. The number of pyridine rings is 1. The summed E-state index contributed by atoms with van der Waals surface area (Å²) in [5, 5.41) is 18.2. The topological polar surface area (TPSA) is 86.2 Å². The van der Waals surface area contributed by atoms with Gasteiger partial charge in [-0.3, -0.25) is 0 Å². The maximum atomic E-state index is 9.38. The van der Waals surface area contributed by atoms with Crippen molar-refractivity contribution in [3.63, 3.8) is 0 Å². The Hall–Kier alpha value is -1.80. The van der Waals surface area contributed by atoms with E-state index in [9.17, 15) is 5.11 Å². The lowest BCUT2D eigenvalue weighted by molar-refractivity contribution is 0.198. The monoisotopic (exact) mass is 204 g/mol. The maximum Gasteiger partial charge on any atom is 0.165 e. The van der Waals surface area contributed by atoms with Crippen LogP contribution >= 0.6 is 0 Å². The van der Waals surface area contributed by atoms with Crippen molar-refractivity contribution in [3.05, 3.63) is 17.8 Å². The van der Waals surface area contributed by atoms with Gasteiger partial charge in [-0.25, -0.2) is 4.98 Å². The van der Waals surface area contributed by atoms with Gasteiger partial charge in [0.2, 0.25) is 0 Å². The molecule has 1 aliphatic heterocycles. The minimum absolute atomic E-state index is 0.244. The molecule has 1 aliphatic rings. The average molecular weight is 204 g/mol. The molecule has 0 aliphatic carbocycles. The normalized spacial score (nSPS) is 20.3. The van der Waals surface area contributed by atoms with Crippen LogP contribution in [0.4, 0.5) is 11.5 Å². The van der Waals surface area contributed by atoms with Gasteiger partial charge in [-0.15, -0.1) is 0 Å². The van der Waals surface area contributed by atoms with Gasteiger partial charge >= 0.3 is 0 Å². The molecule has 15 heavy (non-hydrogen) atoms. The molecule has 2 heterocycles. The number of rotatable bonds is 1. The Balaban J connectivity index is 2.26. The summed E-state index contributed by atoms with van der Waals surface area (Å²) in [7, 11) is 0. The van der Waals surface area contributed by atoms with Gasteiger partial charge in [-0.1, -0.05) is 0 Å². The first-order chi connectivity index (χ1) is 7.20. The second-order valence-corrected chi connectivity index (χ2v) is 3.61. The van der Waals surface area contributed by atoms with Crippen LogP contribution in [0.2, 0.25) is 0 Å². The van der Waals surface area contributed by atoms with E-state index in [1.54, 1.807) is 12.1 Å². The second kappa shape index (κ2) is 3.75. The van der Waals surface area contributed by atoms with Crippen molar-refractivity contribution >= 4 is 11.5 Å². The Morgan fingerprint density at radius 1 is 1.60 bits per heavy atom. The zero-order valence-electron chi connectivity index (χ0n) is 8.22. The highest BCUT2D eigenvalue weighted by molar-refractivity contribution is 5.55. The molecule has 5 heteroatoms. The smallest absolute Gasteiger partial charge is 0.165 e. The van der Waals surface area contributed by atoms with Gasteiger partial charge in [0.05, 0.1) is 11.8 Å². The van der Waals surface area contributed by atoms with Gasteiger partial charge < -0.3 is 15.7 Å². The first kappa shape index (κ1) is 9.74. The highest BCUT2D eigenvalue weighted by atomic mass is 16.3. The van der Waals surface area contributed by atoms with E-state index in [4.69, 9.17) is 11.0 Å². The third kappa shape index (κ3) is 1.85. The molecule has 1 atom stereocenters. The van der Waals surface area contributed by atoms with Crippen molar-refractivity contribution in [3.8, 4) is 6.07 Å². The van der Waals surface area contributed by atoms with Crippen LogP contribution < -0.4 is 10.6 Å². The van der Waals surface area contributed by atoms with Gasteiger partial charge in [-0.2, -0.15) is 5.26 Å². The largest absolute Gasteiger partial charge is 0.396 e. The summed E-state index contributed by atoms with van der Waals surface area (Å²) in [6, 6.07) is 5.39. The third-order valence-electron chi connectivity index (χ3n) is 2.51. The predicted octanol–water partition coefficient (Wildman–Crippen LogP) is 0.106. The Kier molecular flexibility index (Phi) is 2.44. The predicted molar refractivity (Wildman–Crippen MR) is 56.2 cm³/mol. The van der Waals surface area contributed by atoms with Gasteiger partial charge in [0.1, 0.15) is 11.9 Å². The van der Waals surface area contributed by atoms with E-state index in [-0.39, 0.29) is 11.8 Å². The van der Waals surface area contributed by atoms with E-state index >= 15 is 0 Å². The zero-order valence-corrected chi connectivity index (χ0v) is 8.22. The molecule has 0 amide bonds. The number of aromatic nitrogens is 1. The number of nitrogens with two attached hydrogens (primary N) is 1. The molecular formula is C10H12N4O. The molecule has 78 valence electrons. The van der Waals surface area contributed by atoms with Crippen molar-refractivity contribution in [1.29, 1.82) is 5.26 Å². The van der Waals surface area contributed by atoms with Gasteiger partial charge in [-0.05, 0) is 18.6 Å². The Labute approximate surface area is 87.8 Å². The molecule has 0 saturated carbocycles.